The van der Waals surface area contributed by atoms with Crippen LogP contribution in [0, 0.1) is 0 Å². The predicted octanol–water partition coefficient (Wildman–Crippen LogP) is 2.45. The molecule has 2 rings (SSSR count). The van der Waals surface area contributed by atoms with Crippen molar-refractivity contribution in [3.63, 3.8) is 0 Å². The maximum atomic E-state index is 9.25. The van der Waals surface area contributed by atoms with Crippen molar-refractivity contribution in [2.45, 2.75) is 51.7 Å². The van der Waals surface area contributed by atoms with E-state index in [9.17, 15) is 5.11 Å². The van der Waals surface area contributed by atoms with E-state index in [-0.39, 0.29) is 12.0 Å². The fourth-order valence-corrected chi connectivity index (χ4v) is 1.57. The summed E-state index contributed by atoms with van der Waals surface area (Å²) in [5.41, 5.74) is 1.98. The zero-order valence-corrected chi connectivity index (χ0v) is 10.2. The quantitative estimate of drug-likeness (QED) is 0.822. The van der Waals surface area contributed by atoms with E-state index < -0.39 is 0 Å². The molecule has 1 saturated carbocycles. The summed E-state index contributed by atoms with van der Waals surface area (Å²) in [5, 5.41) is 12.6. The van der Waals surface area contributed by atoms with Gasteiger partial charge in [-0.15, -0.1) is 0 Å². The number of nitrogens with one attached hydrogen (secondary N) is 1. The molecule has 1 aliphatic rings. The number of aliphatic hydroxyl groups is 1. The van der Waals surface area contributed by atoms with Gasteiger partial charge in [-0.1, -0.05) is 20.8 Å². The Kier molecular flexibility index (Phi) is 2.89. The first-order chi connectivity index (χ1) is 7.49. The Morgan fingerprint density at radius 3 is 2.56 bits per heavy atom. The average Bonchev–Trinajstić information content (AvgIpc) is 3.00. The number of rotatable bonds is 3. The molecule has 0 radical (unpaired) electrons. The minimum Gasteiger partial charge on any atom is -0.392 e. The summed E-state index contributed by atoms with van der Waals surface area (Å²) in [5.74, 6) is 0.902. The minimum absolute atomic E-state index is 0.0190. The summed E-state index contributed by atoms with van der Waals surface area (Å²) < 4.78 is 0. The molecule has 0 bridgehead atoms. The monoisotopic (exact) mass is 220 g/mol. The molecule has 1 fully saturated rings. The molecule has 88 valence electrons. The lowest BCUT2D eigenvalue weighted by Crippen LogP contribution is -2.16. The molecule has 1 heterocycles. The highest BCUT2D eigenvalue weighted by Gasteiger charge is 2.23. The van der Waals surface area contributed by atoms with Crippen LogP contribution in [0.2, 0.25) is 0 Å². The number of aliphatic hydroxyl groups excluding tert-OH is 1. The third-order valence-electron chi connectivity index (χ3n) is 2.77. The Morgan fingerprint density at radius 1 is 1.38 bits per heavy atom. The molecule has 3 heteroatoms. The highest BCUT2D eigenvalue weighted by atomic mass is 16.3. The molecule has 1 aliphatic carbocycles. The van der Waals surface area contributed by atoms with Crippen LogP contribution in [-0.4, -0.2) is 16.1 Å². The smallest absolute Gasteiger partial charge is 0.126 e. The molecule has 16 heavy (non-hydrogen) atoms. The van der Waals surface area contributed by atoms with Gasteiger partial charge in [-0.3, -0.25) is 0 Å². The largest absolute Gasteiger partial charge is 0.392 e. The maximum Gasteiger partial charge on any atom is 0.126 e. The molecule has 0 atom stereocenters. The molecule has 0 aromatic carbocycles. The SMILES string of the molecule is CC(C)(C)c1cc(CO)cc(NC2CC2)n1. The van der Waals surface area contributed by atoms with E-state index in [1.807, 2.05) is 12.1 Å². The molecule has 0 unspecified atom stereocenters. The Balaban J connectivity index is 2.29. The van der Waals surface area contributed by atoms with Crippen molar-refractivity contribution in [1.29, 1.82) is 0 Å². The first kappa shape index (κ1) is 11.4. The van der Waals surface area contributed by atoms with Gasteiger partial charge in [0.25, 0.3) is 0 Å². The second kappa shape index (κ2) is 4.06. The van der Waals surface area contributed by atoms with Crippen LogP contribution in [0.15, 0.2) is 12.1 Å². The maximum absolute atomic E-state index is 9.25. The zero-order chi connectivity index (χ0) is 11.8. The topological polar surface area (TPSA) is 45.1 Å². The highest BCUT2D eigenvalue weighted by Crippen LogP contribution is 2.27. The van der Waals surface area contributed by atoms with Crippen molar-refractivity contribution in [1.82, 2.24) is 4.98 Å². The first-order valence-electron chi connectivity index (χ1n) is 5.88. The van der Waals surface area contributed by atoms with E-state index in [1.165, 1.54) is 12.8 Å². The number of anilines is 1. The second-order valence-electron chi connectivity index (χ2n) is 5.57. The van der Waals surface area contributed by atoms with Crippen LogP contribution in [0.1, 0.15) is 44.9 Å². The van der Waals surface area contributed by atoms with E-state index in [4.69, 9.17) is 0 Å². The third-order valence-corrected chi connectivity index (χ3v) is 2.77. The predicted molar refractivity (Wildman–Crippen MR) is 65.5 cm³/mol. The number of aromatic nitrogens is 1. The molecule has 0 saturated heterocycles. The fraction of sp³-hybridized carbons (Fsp3) is 0.615. The van der Waals surface area contributed by atoms with E-state index in [1.54, 1.807) is 0 Å². The molecule has 2 N–H and O–H groups in total. The summed E-state index contributed by atoms with van der Waals surface area (Å²) >= 11 is 0. The van der Waals surface area contributed by atoms with Crippen molar-refractivity contribution in [3.05, 3.63) is 23.4 Å². The lowest BCUT2D eigenvalue weighted by molar-refractivity contribution is 0.281. The molecule has 0 spiro atoms. The summed E-state index contributed by atoms with van der Waals surface area (Å²) in [6.45, 7) is 6.48. The lowest BCUT2D eigenvalue weighted by atomic mass is 9.91. The molecular formula is C13H20N2O. The Hall–Kier alpha value is -1.09. The van der Waals surface area contributed by atoms with E-state index in [0.717, 1.165) is 17.1 Å². The van der Waals surface area contributed by atoms with Crippen molar-refractivity contribution in [3.8, 4) is 0 Å². The van der Waals surface area contributed by atoms with Gasteiger partial charge in [0.1, 0.15) is 5.82 Å². The molecule has 1 aromatic rings. The molecule has 3 nitrogen and oxygen atoms in total. The second-order valence-corrected chi connectivity index (χ2v) is 5.57. The van der Waals surface area contributed by atoms with E-state index in [2.05, 4.69) is 31.1 Å². The molecule has 0 amide bonds. The number of pyridine rings is 1. The van der Waals surface area contributed by atoms with Gasteiger partial charge in [-0.2, -0.15) is 0 Å². The van der Waals surface area contributed by atoms with Crippen LogP contribution >= 0.6 is 0 Å². The molecular weight excluding hydrogens is 200 g/mol. The van der Waals surface area contributed by atoms with Crippen LogP contribution in [0.5, 0.6) is 0 Å². The van der Waals surface area contributed by atoms with Crippen molar-refractivity contribution >= 4 is 5.82 Å². The van der Waals surface area contributed by atoms with Gasteiger partial charge in [0.05, 0.1) is 6.61 Å². The third kappa shape index (κ3) is 2.73. The Bertz CT molecular complexity index is 378. The fourth-order valence-electron chi connectivity index (χ4n) is 1.57. The van der Waals surface area contributed by atoms with Crippen LogP contribution in [-0.2, 0) is 12.0 Å². The normalized spacial score (nSPS) is 16.2. The van der Waals surface area contributed by atoms with Gasteiger partial charge in [0, 0.05) is 17.2 Å². The van der Waals surface area contributed by atoms with Gasteiger partial charge >= 0.3 is 0 Å². The standard InChI is InChI=1S/C13H20N2O/c1-13(2,3)11-6-9(8-16)7-12(15-11)14-10-4-5-10/h6-7,10,16H,4-5,8H2,1-3H3,(H,14,15). The van der Waals surface area contributed by atoms with Crippen molar-refractivity contribution in [2.24, 2.45) is 0 Å². The van der Waals surface area contributed by atoms with Crippen LogP contribution in [0.4, 0.5) is 5.82 Å². The van der Waals surface area contributed by atoms with Gasteiger partial charge in [0.15, 0.2) is 0 Å². The first-order valence-corrected chi connectivity index (χ1v) is 5.88. The Morgan fingerprint density at radius 2 is 2.06 bits per heavy atom. The van der Waals surface area contributed by atoms with Crippen LogP contribution < -0.4 is 5.32 Å². The summed E-state index contributed by atoms with van der Waals surface area (Å²) in [6, 6.07) is 4.51. The van der Waals surface area contributed by atoms with Gasteiger partial charge in [-0.05, 0) is 30.5 Å². The molecule has 1 aromatic heterocycles. The van der Waals surface area contributed by atoms with Gasteiger partial charge in [0.2, 0.25) is 0 Å². The number of hydrogen-bond acceptors (Lipinski definition) is 3. The van der Waals surface area contributed by atoms with E-state index >= 15 is 0 Å². The lowest BCUT2D eigenvalue weighted by Gasteiger charge is -2.20. The highest BCUT2D eigenvalue weighted by molar-refractivity contribution is 5.42. The summed E-state index contributed by atoms with van der Waals surface area (Å²) in [4.78, 5) is 4.61. The average molecular weight is 220 g/mol. The van der Waals surface area contributed by atoms with Gasteiger partial charge in [-0.25, -0.2) is 4.98 Å². The van der Waals surface area contributed by atoms with Crippen LogP contribution in [0.25, 0.3) is 0 Å². The van der Waals surface area contributed by atoms with Gasteiger partial charge < -0.3 is 10.4 Å². The minimum atomic E-state index is 0.0190. The van der Waals surface area contributed by atoms with E-state index in [0.29, 0.717) is 6.04 Å². The van der Waals surface area contributed by atoms with Crippen molar-refractivity contribution in [2.75, 3.05) is 5.32 Å². The summed E-state index contributed by atoms with van der Waals surface area (Å²) in [7, 11) is 0. The number of nitrogens with zero attached hydrogens (tertiary/aromatic N) is 1. The Labute approximate surface area is 96.9 Å². The number of hydrogen-bond donors (Lipinski definition) is 2. The molecule has 0 aliphatic heterocycles. The van der Waals surface area contributed by atoms with Crippen LogP contribution in [0.3, 0.4) is 0 Å². The van der Waals surface area contributed by atoms with Crippen molar-refractivity contribution < 1.29 is 5.11 Å². The summed E-state index contributed by atoms with van der Waals surface area (Å²) in [6.07, 6.45) is 2.46. The zero-order valence-electron chi connectivity index (χ0n) is 10.2.